The van der Waals surface area contributed by atoms with Crippen LogP contribution in [0.5, 0.6) is 11.5 Å². The smallest absolute Gasteiger partial charge is 0.343 e. The maximum Gasteiger partial charge on any atom is 0.343 e. The Labute approximate surface area is 193 Å². The zero-order valence-corrected chi connectivity index (χ0v) is 19.1. The number of phenols is 1. The van der Waals surface area contributed by atoms with Crippen LogP contribution in [0.3, 0.4) is 0 Å². The van der Waals surface area contributed by atoms with Crippen LogP contribution in [0.1, 0.15) is 54.2 Å². The fraction of sp³-hybridized carbons (Fsp3) is 0.269. The Hall–Kier alpha value is -3.91. The number of benzene rings is 2. The first-order valence-electron chi connectivity index (χ1n) is 10.6. The lowest BCUT2D eigenvalue weighted by Gasteiger charge is -2.28. The number of ether oxygens (including phenoxy) is 2. The molecular formula is C26H22O8. The molecular weight excluding hydrogens is 440 g/mol. The molecule has 1 unspecified atom stereocenters. The molecule has 5 rings (SSSR count). The zero-order chi connectivity index (χ0) is 24.7. The van der Waals surface area contributed by atoms with E-state index in [4.69, 9.17) is 13.9 Å². The van der Waals surface area contributed by atoms with Gasteiger partial charge in [0.15, 0.2) is 17.0 Å². The van der Waals surface area contributed by atoms with Crippen LogP contribution in [0.25, 0.3) is 33.6 Å². The first-order valence-corrected chi connectivity index (χ1v) is 10.6. The maximum absolute atomic E-state index is 13.6. The van der Waals surface area contributed by atoms with Gasteiger partial charge in [-0.05, 0) is 44.6 Å². The molecule has 0 amide bonds. The minimum Gasteiger partial charge on any atom is -0.507 e. The lowest BCUT2D eigenvalue weighted by atomic mass is 9.87. The molecule has 2 heterocycles. The van der Waals surface area contributed by atoms with Crippen LogP contribution in [0.15, 0.2) is 34.0 Å². The van der Waals surface area contributed by atoms with Gasteiger partial charge in [0.2, 0.25) is 5.43 Å². The summed E-state index contributed by atoms with van der Waals surface area (Å²) in [5.41, 5.74) is -2.50. The molecule has 8 nitrogen and oxygen atoms in total. The van der Waals surface area contributed by atoms with Gasteiger partial charge in [-0.1, -0.05) is 12.2 Å². The van der Waals surface area contributed by atoms with Gasteiger partial charge < -0.3 is 24.1 Å². The number of allylic oxidation sites excluding steroid dienone is 1. The molecule has 0 radical (unpaired) electrons. The monoisotopic (exact) mass is 462 g/mol. The van der Waals surface area contributed by atoms with E-state index in [0.717, 1.165) is 7.11 Å². The van der Waals surface area contributed by atoms with E-state index in [2.05, 4.69) is 6.58 Å². The van der Waals surface area contributed by atoms with E-state index < -0.39 is 34.8 Å². The predicted octanol–water partition coefficient (Wildman–Crippen LogP) is 3.82. The minimum absolute atomic E-state index is 0.00574. The summed E-state index contributed by atoms with van der Waals surface area (Å²) in [5, 5.41) is 21.9. The summed E-state index contributed by atoms with van der Waals surface area (Å²) in [4.78, 5) is 39.2. The van der Waals surface area contributed by atoms with Gasteiger partial charge in [-0.3, -0.25) is 9.59 Å². The molecule has 1 aromatic heterocycles. The van der Waals surface area contributed by atoms with Crippen LogP contribution in [0.2, 0.25) is 0 Å². The highest BCUT2D eigenvalue weighted by atomic mass is 16.5. The highest BCUT2D eigenvalue weighted by molar-refractivity contribution is 6.16. The predicted molar refractivity (Wildman–Crippen MR) is 125 cm³/mol. The Morgan fingerprint density at radius 2 is 1.91 bits per heavy atom. The van der Waals surface area contributed by atoms with Crippen molar-refractivity contribution in [1.82, 2.24) is 0 Å². The fourth-order valence-electron chi connectivity index (χ4n) is 4.77. The van der Waals surface area contributed by atoms with Crippen molar-refractivity contribution < 1.29 is 33.7 Å². The SMILES string of the molecule is C=C(C)c1cc2c(=O)c3c(O)cc4c(c3oc2c2c1C(O)(C(=O)OC)CC2=O)C=CC(C)(C)O4. The lowest BCUT2D eigenvalue weighted by Crippen LogP contribution is -2.35. The number of hydrogen-bond acceptors (Lipinski definition) is 8. The number of carbonyl (C=O) groups is 2. The molecule has 0 bridgehead atoms. The number of ketones is 1. The number of hydrogen-bond donors (Lipinski definition) is 2. The van der Waals surface area contributed by atoms with Crippen LogP contribution in [-0.2, 0) is 15.1 Å². The molecule has 1 atom stereocenters. The van der Waals surface area contributed by atoms with E-state index >= 15 is 0 Å². The molecule has 1 aliphatic carbocycles. The summed E-state index contributed by atoms with van der Waals surface area (Å²) in [6.07, 6.45) is 2.95. The van der Waals surface area contributed by atoms with Crippen LogP contribution in [0, 0.1) is 0 Å². The molecule has 2 aromatic carbocycles. The van der Waals surface area contributed by atoms with Gasteiger partial charge in [-0.2, -0.15) is 0 Å². The molecule has 1 aliphatic heterocycles. The molecule has 0 spiro atoms. The molecule has 0 saturated heterocycles. The van der Waals surface area contributed by atoms with Crippen molar-refractivity contribution in [3.8, 4) is 11.5 Å². The third-order valence-corrected chi connectivity index (χ3v) is 6.33. The van der Waals surface area contributed by atoms with Crippen LogP contribution >= 0.6 is 0 Å². The summed E-state index contributed by atoms with van der Waals surface area (Å²) in [6, 6.07) is 2.78. The number of fused-ring (bicyclic) bond motifs is 6. The van der Waals surface area contributed by atoms with Crippen LogP contribution < -0.4 is 10.2 Å². The summed E-state index contributed by atoms with van der Waals surface area (Å²) < 4.78 is 16.8. The van der Waals surface area contributed by atoms with Crippen LogP contribution in [0.4, 0.5) is 0 Å². The van der Waals surface area contributed by atoms with Gasteiger partial charge in [-0.15, -0.1) is 0 Å². The van der Waals surface area contributed by atoms with Crippen molar-refractivity contribution in [3.63, 3.8) is 0 Å². The average Bonchev–Trinajstić information content (AvgIpc) is 3.03. The Kier molecular flexibility index (Phi) is 4.38. The molecule has 34 heavy (non-hydrogen) atoms. The Balaban J connectivity index is 1.98. The van der Waals surface area contributed by atoms with Gasteiger partial charge in [0.1, 0.15) is 28.1 Å². The van der Waals surface area contributed by atoms with Gasteiger partial charge in [-0.25, -0.2) is 4.79 Å². The summed E-state index contributed by atoms with van der Waals surface area (Å²) >= 11 is 0. The molecule has 174 valence electrons. The Morgan fingerprint density at radius 3 is 2.56 bits per heavy atom. The van der Waals surface area contributed by atoms with E-state index in [0.29, 0.717) is 16.9 Å². The first kappa shape index (κ1) is 21.9. The highest BCUT2D eigenvalue weighted by Crippen LogP contribution is 2.47. The number of rotatable bonds is 2. The van der Waals surface area contributed by atoms with Crippen molar-refractivity contribution >= 4 is 45.3 Å². The van der Waals surface area contributed by atoms with E-state index in [1.165, 1.54) is 12.1 Å². The highest BCUT2D eigenvalue weighted by Gasteiger charge is 2.52. The van der Waals surface area contributed by atoms with Crippen molar-refractivity contribution in [2.24, 2.45) is 0 Å². The zero-order valence-electron chi connectivity index (χ0n) is 19.1. The second-order valence-electron chi connectivity index (χ2n) is 9.26. The fourth-order valence-corrected chi connectivity index (χ4v) is 4.77. The Bertz CT molecular complexity index is 1570. The maximum atomic E-state index is 13.6. The Morgan fingerprint density at radius 1 is 1.21 bits per heavy atom. The number of aromatic hydroxyl groups is 1. The lowest BCUT2D eigenvalue weighted by molar-refractivity contribution is -0.162. The minimum atomic E-state index is -2.25. The van der Waals surface area contributed by atoms with E-state index in [-0.39, 0.29) is 44.4 Å². The number of methoxy groups -OCH3 is 1. The van der Waals surface area contributed by atoms with Crippen molar-refractivity contribution in [3.05, 3.63) is 57.3 Å². The molecule has 3 aromatic rings. The largest absolute Gasteiger partial charge is 0.507 e. The number of esters is 1. The van der Waals surface area contributed by atoms with E-state index in [1.807, 2.05) is 13.8 Å². The third kappa shape index (κ3) is 2.78. The standard InChI is InChI=1S/C26H22O8/c1-11(2)13-8-14-21(29)19-15(27)9-17-12(6-7-25(3,4)34-17)22(19)33-23(14)18-16(28)10-26(31,20(13)18)24(30)32-5/h6-9,27,31H,1,10H2,2-5H3. The molecule has 2 aliphatic rings. The summed E-state index contributed by atoms with van der Waals surface area (Å²) in [6.45, 7) is 9.18. The summed E-state index contributed by atoms with van der Waals surface area (Å²) in [7, 11) is 1.11. The van der Waals surface area contributed by atoms with Gasteiger partial charge in [0, 0.05) is 11.6 Å². The normalized spacial score (nSPS) is 20.2. The number of Topliss-reactive ketones (excluding diaryl/α,β-unsaturated/α-hetero) is 1. The number of phenolic OH excluding ortho intramolecular Hbond substituents is 1. The molecule has 0 fully saturated rings. The number of carbonyl (C=O) groups excluding carboxylic acids is 2. The van der Waals surface area contributed by atoms with Gasteiger partial charge in [0.05, 0.1) is 30.0 Å². The van der Waals surface area contributed by atoms with Crippen molar-refractivity contribution in [1.29, 1.82) is 0 Å². The van der Waals surface area contributed by atoms with Gasteiger partial charge in [0.25, 0.3) is 0 Å². The molecule has 8 heteroatoms. The van der Waals surface area contributed by atoms with Gasteiger partial charge >= 0.3 is 5.97 Å². The third-order valence-electron chi connectivity index (χ3n) is 6.33. The van der Waals surface area contributed by atoms with E-state index in [1.54, 1.807) is 19.1 Å². The van der Waals surface area contributed by atoms with Crippen LogP contribution in [-0.4, -0.2) is 34.7 Å². The summed E-state index contributed by atoms with van der Waals surface area (Å²) in [5.74, 6) is -1.60. The second-order valence-corrected chi connectivity index (χ2v) is 9.26. The van der Waals surface area contributed by atoms with Crippen molar-refractivity contribution in [2.75, 3.05) is 7.11 Å². The topological polar surface area (TPSA) is 123 Å². The van der Waals surface area contributed by atoms with E-state index in [9.17, 15) is 24.6 Å². The second kappa shape index (κ2) is 6.80. The molecule has 0 saturated carbocycles. The van der Waals surface area contributed by atoms with Crippen molar-refractivity contribution in [2.45, 2.75) is 38.4 Å². The number of aliphatic hydroxyl groups is 1. The quantitative estimate of drug-likeness (QED) is 0.435. The first-order chi connectivity index (χ1) is 15.9. The average molecular weight is 462 g/mol. The molecule has 2 N–H and O–H groups in total.